The van der Waals surface area contributed by atoms with Gasteiger partial charge in [0.1, 0.15) is 5.75 Å². The van der Waals surface area contributed by atoms with Gasteiger partial charge < -0.3 is 19.6 Å². The van der Waals surface area contributed by atoms with E-state index in [1.807, 2.05) is 61.2 Å². The highest BCUT2D eigenvalue weighted by Crippen LogP contribution is 2.27. The molecule has 47 heavy (non-hydrogen) atoms. The van der Waals surface area contributed by atoms with E-state index in [-0.39, 0.29) is 37.2 Å². The smallest absolute Gasteiger partial charge is 0.410 e. The molecule has 6 rings (SSSR count). The summed E-state index contributed by atoms with van der Waals surface area (Å²) in [5, 5.41) is 14.8. The number of aryl methyl sites for hydroxylation is 2. The van der Waals surface area contributed by atoms with Crippen molar-refractivity contribution in [2.45, 2.75) is 90.8 Å². The van der Waals surface area contributed by atoms with Crippen LogP contribution in [0.3, 0.4) is 0 Å². The molecule has 2 aliphatic heterocycles. The molecule has 3 aromatic rings. The lowest BCUT2D eigenvalue weighted by molar-refractivity contribution is -0.143. The number of H-pyrrole nitrogens is 1. The highest BCUT2D eigenvalue weighted by molar-refractivity contribution is 5.84. The summed E-state index contributed by atoms with van der Waals surface area (Å²) >= 11 is 0. The number of piperazine rings is 1. The summed E-state index contributed by atoms with van der Waals surface area (Å²) in [6.07, 6.45) is 6.15. The topological polar surface area (TPSA) is 124 Å². The molecule has 0 spiro atoms. The van der Waals surface area contributed by atoms with Crippen molar-refractivity contribution in [2.24, 2.45) is 0 Å². The molecule has 254 valence electrons. The van der Waals surface area contributed by atoms with Gasteiger partial charge in [0, 0.05) is 57.3 Å². The summed E-state index contributed by atoms with van der Waals surface area (Å²) in [6.45, 7) is 7.34. The van der Waals surface area contributed by atoms with E-state index in [2.05, 4.69) is 15.0 Å². The molecule has 3 aliphatic rings. The lowest BCUT2D eigenvalue weighted by Gasteiger charge is -2.41. The second-order valence-corrected chi connectivity index (χ2v) is 13.1. The number of rotatable bonds is 7. The molecular weight excluding hydrogens is 596 g/mol. The number of nitrogens with zero attached hydrogens (tertiary/aromatic N) is 5. The van der Waals surface area contributed by atoms with Gasteiger partial charge in [-0.15, -0.1) is 5.10 Å². The summed E-state index contributed by atoms with van der Waals surface area (Å²) in [7, 11) is 0. The third-order valence-corrected chi connectivity index (χ3v) is 9.96. The zero-order valence-electron chi connectivity index (χ0n) is 27.0. The zero-order valence-corrected chi connectivity index (χ0v) is 27.0. The fourth-order valence-corrected chi connectivity index (χ4v) is 7.31. The second-order valence-electron chi connectivity index (χ2n) is 13.1. The fraction of sp³-hybridized carbons (Fsp3) is 0.556. The number of hydrogen-bond donors (Lipinski definition) is 2. The Bertz CT molecular complexity index is 1540. The minimum atomic E-state index is -0.975. The van der Waals surface area contributed by atoms with Crippen LogP contribution in [0, 0.1) is 13.8 Å². The summed E-state index contributed by atoms with van der Waals surface area (Å²) < 4.78 is 7.50. The van der Waals surface area contributed by atoms with Crippen LogP contribution in [0.4, 0.5) is 4.79 Å². The Morgan fingerprint density at radius 1 is 0.894 bits per heavy atom. The average Bonchev–Trinajstić information content (AvgIpc) is 3.48. The molecule has 3 fully saturated rings. The number of ether oxygens (including phenoxy) is 1. The van der Waals surface area contributed by atoms with Crippen molar-refractivity contribution in [3.05, 3.63) is 69.6 Å². The van der Waals surface area contributed by atoms with E-state index in [1.165, 1.54) is 36.8 Å². The van der Waals surface area contributed by atoms with Crippen LogP contribution in [-0.4, -0.2) is 98.0 Å². The quantitative estimate of drug-likeness (QED) is 0.368. The molecule has 11 nitrogen and oxygen atoms in total. The highest BCUT2D eigenvalue weighted by Gasteiger charge is 2.35. The Morgan fingerprint density at radius 2 is 1.53 bits per heavy atom. The number of aromatic nitrogens is 3. The van der Waals surface area contributed by atoms with Crippen molar-refractivity contribution in [1.29, 1.82) is 0 Å². The Hall–Kier alpha value is -4.12. The maximum Gasteiger partial charge on any atom is 0.410 e. The van der Waals surface area contributed by atoms with Gasteiger partial charge in [-0.2, -0.15) is 0 Å². The van der Waals surface area contributed by atoms with E-state index in [0.29, 0.717) is 50.9 Å². The van der Waals surface area contributed by atoms with Gasteiger partial charge in [-0.05, 0) is 56.2 Å². The minimum Gasteiger partial charge on any atom is -0.507 e. The molecule has 0 radical (unpaired) electrons. The van der Waals surface area contributed by atoms with Gasteiger partial charge >= 0.3 is 11.8 Å². The first-order valence-electron chi connectivity index (χ1n) is 16.8. The lowest BCUT2D eigenvalue weighted by Crippen LogP contribution is -2.55. The number of phenolic OH excluding ortho intramolecular Hbond substituents is 1. The molecule has 1 atom stereocenters. The number of benzene rings is 2. The first kappa shape index (κ1) is 34.2. The third-order valence-electron chi connectivity index (χ3n) is 9.96. The zero-order chi connectivity index (χ0) is 32.2. The van der Waals surface area contributed by atoms with Crippen molar-refractivity contribution >= 4 is 12.0 Å². The van der Waals surface area contributed by atoms with E-state index >= 15 is 0 Å². The Kier molecular flexibility index (Phi) is 11.1. The van der Waals surface area contributed by atoms with Crippen LogP contribution in [0.2, 0.25) is 0 Å². The number of aromatic hydroxyl groups is 1. The number of phenols is 1. The van der Waals surface area contributed by atoms with Crippen LogP contribution >= 0.6 is 0 Å². The number of carbonyl (C=O) groups excluding carboxylic acids is 2. The van der Waals surface area contributed by atoms with E-state index in [4.69, 9.17) is 4.74 Å². The number of nitrogens with one attached hydrogen (secondary N) is 1. The highest BCUT2D eigenvalue weighted by atomic mass is 16.6. The van der Waals surface area contributed by atoms with Crippen LogP contribution in [-0.2, 0) is 16.0 Å². The number of likely N-dealkylation sites (tertiary alicyclic amines) is 1. The minimum absolute atomic E-state index is 0. The van der Waals surface area contributed by atoms with E-state index in [1.54, 1.807) is 4.90 Å². The first-order valence-corrected chi connectivity index (χ1v) is 16.8. The Labute approximate surface area is 277 Å². The maximum absolute atomic E-state index is 13.9. The van der Waals surface area contributed by atoms with Gasteiger partial charge in [-0.1, -0.05) is 69.2 Å². The van der Waals surface area contributed by atoms with Crippen LogP contribution in [0.5, 0.6) is 5.75 Å². The molecular formula is C36H50N6O5. The van der Waals surface area contributed by atoms with E-state index < -0.39 is 12.2 Å². The number of amides is 2. The summed E-state index contributed by atoms with van der Waals surface area (Å²) in [5.41, 5.74) is 2.85. The molecule has 0 unspecified atom stereocenters. The Morgan fingerprint density at radius 3 is 2.17 bits per heavy atom. The van der Waals surface area contributed by atoms with Crippen molar-refractivity contribution in [2.75, 3.05) is 39.3 Å². The molecule has 11 heteroatoms. The molecule has 0 bridgehead atoms. The van der Waals surface area contributed by atoms with E-state index in [9.17, 15) is 19.5 Å². The second kappa shape index (κ2) is 15.2. The van der Waals surface area contributed by atoms with Gasteiger partial charge in [-0.25, -0.2) is 14.3 Å². The molecule has 2 amide bonds. The van der Waals surface area contributed by atoms with Gasteiger partial charge in [-0.3, -0.25) is 14.7 Å². The average molecular weight is 647 g/mol. The summed E-state index contributed by atoms with van der Waals surface area (Å²) in [4.78, 5) is 49.0. The lowest BCUT2D eigenvalue weighted by atomic mass is 9.94. The number of piperidine rings is 1. The van der Waals surface area contributed by atoms with Crippen molar-refractivity contribution in [3.8, 4) is 17.1 Å². The first-order chi connectivity index (χ1) is 22.3. The molecule has 1 saturated carbocycles. The molecule has 2 saturated heterocycles. The van der Waals surface area contributed by atoms with Gasteiger partial charge in [0.25, 0.3) is 5.91 Å². The Balaban J connectivity index is 0.00000433. The van der Waals surface area contributed by atoms with Crippen molar-refractivity contribution in [3.63, 3.8) is 0 Å². The van der Waals surface area contributed by atoms with Gasteiger partial charge in [0.05, 0.1) is 6.04 Å². The SMILES string of the molecule is C.Cc1cc(C[C@@H](OC(=O)N2CCC(n3nc(-c4ccccc4)[nH]c3=O)CC2)C(=O)N2CCN(C3CCCCC3)CC2)cc(C)c1O. The normalized spacial score (nSPS) is 18.9. The fourth-order valence-electron chi connectivity index (χ4n) is 7.31. The largest absolute Gasteiger partial charge is 0.507 e. The van der Waals surface area contributed by atoms with Crippen molar-refractivity contribution in [1.82, 2.24) is 29.5 Å². The van der Waals surface area contributed by atoms with Crippen LogP contribution in [0.1, 0.15) is 75.1 Å². The number of carbonyl (C=O) groups is 2. The maximum atomic E-state index is 13.9. The molecule has 2 aromatic carbocycles. The van der Waals surface area contributed by atoms with Crippen LogP contribution in [0.25, 0.3) is 11.4 Å². The molecule has 3 heterocycles. The standard InChI is InChI=1S/C35H46N6O5.CH4/c1-24-21-26(22-25(2)31(24)42)23-30(33(43)39-19-17-38(18-20-39)28-11-7-4-8-12-28)46-35(45)40-15-13-29(14-16-40)41-34(44)36-32(37-41)27-9-5-3-6-10-27;/h3,5-6,9-10,21-22,28-30,42H,4,7-8,11-20,23H2,1-2H3,(H,36,37,44);1H4/t30-;/m1./s1. The van der Waals surface area contributed by atoms with Crippen LogP contribution < -0.4 is 5.69 Å². The molecule has 2 N–H and O–H groups in total. The molecule has 1 aliphatic carbocycles. The van der Waals surface area contributed by atoms with E-state index in [0.717, 1.165) is 35.3 Å². The summed E-state index contributed by atoms with van der Waals surface area (Å²) in [5.74, 6) is 0.580. The third kappa shape index (κ3) is 7.89. The number of aromatic amines is 1. The van der Waals surface area contributed by atoms with Crippen molar-refractivity contribution < 1.29 is 19.4 Å². The monoisotopic (exact) mass is 646 g/mol. The summed E-state index contributed by atoms with van der Waals surface area (Å²) in [6, 6.07) is 13.7. The predicted molar refractivity (Wildman–Crippen MR) is 181 cm³/mol. The number of hydrogen-bond acceptors (Lipinski definition) is 7. The van der Waals surface area contributed by atoms with Crippen LogP contribution in [0.15, 0.2) is 47.3 Å². The predicted octanol–water partition coefficient (Wildman–Crippen LogP) is 5.06. The van der Waals surface area contributed by atoms with Gasteiger partial charge in [0.2, 0.25) is 0 Å². The molecule has 1 aromatic heterocycles. The van der Waals surface area contributed by atoms with Gasteiger partial charge in [0.15, 0.2) is 11.9 Å².